The molecule has 2 atom stereocenters. The van der Waals surface area contributed by atoms with E-state index in [2.05, 4.69) is 11.9 Å². The highest BCUT2D eigenvalue weighted by Crippen LogP contribution is 2.14. The second-order valence-electron chi connectivity index (χ2n) is 4.42. The maximum absolute atomic E-state index is 10.8. The molecule has 1 aliphatic heterocycles. The van der Waals surface area contributed by atoms with E-state index in [0.717, 1.165) is 11.1 Å². The lowest BCUT2D eigenvalue weighted by molar-refractivity contribution is -0.139. The molecule has 0 aliphatic carbocycles. The van der Waals surface area contributed by atoms with E-state index in [-0.39, 0.29) is 6.10 Å². The molecule has 0 radical (unpaired) electrons. The molecule has 0 spiro atoms. The molecule has 1 heterocycles. The van der Waals surface area contributed by atoms with E-state index >= 15 is 0 Å². The molecule has 2 N–H and O–H groups in total. The number of hydrogen-bond acceptors (Lipinski definition) is 3. The summed E-state index contributed by atoms with van der Waals surface area (Å²) >= 11 is 0. The van der Waals surface area contributed by atoms with Crippen molar-refractivity contribution in [2.24, 2.45) is 0 Å². The molecule has 96 valence electrons. The Bertz CT molecular complexity index is 444. The number of carboxylic acid groups (broad SMARTS) is 1. The molecule has 18 heavy (non-hydrogen) atoms. The number of hydrogen-bond donors (Lipinski definition) is 2. The van der Waals surface area contributed by atoms with Gasteiger partial charge in [0.05, 0.1) is 12.7 Å². The molecule has 1 fully saturated rings. The normalized spacial score (nSPS) is 22.9. The second-order valence-corrected chi connectivity index (χ2v) is 4.42. The van der Waals surface area contributed by atoms with Crippen LogP contribution in [0, 0.1) is 0 Å². The molecule has 1 saturated heterocycles. The van der Waals surface area contributed by atoms with Gasteiger partial charge in [-0.3, -0.25) is 4.79 Å². The van der Waals surface area contributed by atoms with E-state index in [4.69, 9.17) is 9.84 Å². The number of ether oxygens (including phenoxy) is 1. The Morgan fingerprint density at radius 2 is 2.44 bits per heavy atom. The van der Waals surface area contributed by atoms with Crippen LogP contribution in [-0.2, 0) is 16.1 Å². The molecule has 0 saturated carbocycles. The van der Waals surface area contributed by atoms with Crippen molar-refractivity contribution in [1.29, 1.82) is 0 Å². The van der Waals surface area contributed by atoms with Crippen LogP contribution in [0.15, 0.2) is 30.8 Å². The van der Waals surface area contributed by atoms with Gasteiger partial charge in [-0.05, 0) is 17.2 Å². The van der Waals surface area contributed by atoms with Crippen LogP contribution in [0.2, 0.25) is 0 Å². The van der Waals surface area contributed by atoms with Crippen LogP contribution in [0.4, 0.5) is 0 Å². The topological polar surface area (TPSA) is 58.6 Å². The number of carboxylic acids is 1. The predicted octanol–water partition coefficient (Wildman–Crippen LogP) is 1.66. The molecule has 1 aromatic carbocycles. The van der Waals surface area contributed by atoms with Gasteiger partial charge in [-0.15, -0.1) is 0 Å². The molecule has 4 nitrogen and oxygen atoms in total. The van der Waals surface area contributed by atoms with Crippen molar-refractivity contribution >= 4 is 12.0 Å². The summed E-state index contributed by atoms with van der Waals surface area (Å²) in [6, 6.07) is 7.47. The van der Waals surface area contributed by atoms with E-state index in [1.54, 1.807) is 6.08 Å². The summed E-state index contributed by atoms with van der Waals surface area (Å²) in [6.07, 6.45) is 2.29. The maximum Gasteiger partial charge on any atom is 0.320 e. The number of nitrogens with one attached hydrogen (secondary N) is 1. The van der Waals surface area contributed by atoms with Crippen LogP contribution in [0.3, 0.4) is 0 Å². The Labute approximate surface area is 106 Å². The van der Waals surface area contributed by atoms with Crippen molar-refractivity contribution in [3.63, 3.8) is 0 Å². The van der Waals surface area contributed by atoms with E-state index < -0.39 is 12.0 Å². The summed E-state index contributed by atoms with van der Waals surface area (Å²) in [5.41, 5.74) is 2.13. The minimum Gasteiger partial charge on any atom is -0.480 e. The molecule has 0 amide bonds. The van der Waals surface area contributed by atoms with Gasteiger partial charge in [0.25, 0.3) is 0 Å². The van der Waals surface area contributed by atoms with Gasteiger partial charge in [0.1, 0.15) is 6.04 Å². The van der Waals surface area contributed by atoms with Crippen LogP contribution in [-0.4, -0.2) is 29.8 Å². The first-order valence-electron chi connectivity index (χ1n) is 5.98. The minimum absolute atomic E-state index is 0.0292. The van der Waals surface area contributed by atoms with Gasteiger partial charge in [-0.2, -0.15) is 0 Å². The molecule has 0 unspecified atom stereocenters. The van der Waals surface area contributed by atoms with Crippen LogP contribution in [0.1, 0.15) is 17.5 Å². The fourth-order valence-electron chi connectivity index (χ4n) is 2.04. The Kier molecular flexibility index (Phi) is 4.12. The lowest BCUT2D eigenvalue weighted by atomic mass is 10.1. The number of benzene rings is 1. The third kappa shape index (κ3) is 3.18. The quantitative estimate of drug-likeness (QED) is 0.831. The van der Waals surface area contributed by atoms with Gasteiger partial charge in [0.15, 0.2) is 0 Å². The van der Waals surface area contributed by atoms with Gasteiger partial charge in [0.2, 0.25) is 0 Å². The summed E-state index contributed by atoms with van der Waals surface area (Å²) in [5.74, 6) is -0.810. The van der Waals surface area contributed by atoms with E-state index in [1.807, 2.05) is 24.3 Å². The van der Waals surface area contributed by atoms with Crippen LogP contribution in [0.25, 0.3) is 6.08 Å². The summed E-state index contributed by atoms with van der Waals surface area (Å²) in [5, 5.41) is 11.8. The number of aliphatic carboxylic acids is 1. The molecular formula is C14H17NO3. The zero-order valence-corrected chi connectivity index (χ0v) is 10.1. The van der Waals surface area contributed by atoms with Gasteiger partial charge >= 0.3 is 5.97 Å². The maximum atomic E-state index is 10.8. The first kappa shape index (κ1) is 12.8. The minimum atomic E-state index is -0.810. The van der Waals surface area contributed by atoms with Gasteiger partial charge in [-0.25, -0.2) is 0 Å². The van der Waals surface area contributed by atoms with Crippen molar-refractivity contribution in [3.05, 3.63) is 42.0 Å². The number of carbonyl (C=O) groups is 1. The Hall–Kier alpha value is -1.65. The lowest BCUT2D eigenvalue weighted by Gasteiger charge is -2.11. The van der Waals surface area contributed by atoms with Crippen molar-refractivity contribution in [2.75, 3.05) is 6.54 Å². The van der Waals surface area contributed by atoms with Crippen molar-refractivity contribution in [3.8, 4) is 0 Å². The Morgan fingerprint density at radius 1 is 1.61 bits per heavy atom. The first-order valence-corrected chi connectivity index (χ1v) is 5.98. The average Bonchev–Trinajstić information content (AvgIpc) is 2.85. The second kappa shape index (κ2) is 5.80. The molecule has 1 aromatic rings. The van der Waals surface area contributed by atoms with Gasteiger partial charge < -0.3 is 15.2 Å². The van der Waals surface area contributed by atoms with Crippen molar-refractivity contribution < 1.29 is 14.6 Å². The van der Waals surface area contributed by atoms with E-state index in [1.165, 1.54) is 0 Å². The van der Waals surface area contributed by atoms with Crippen molar-refractivity contribution in [1.82, 2.24) is 5.32 Å². The summed E-state index contributed by atoms with van der Waals surface area (Å²) in [7, 11) is 0. The number of rotatable bonds is 5. The molecule has 2 rings (SSSR count). The Morgan fingerprint density at radius 3 is 3.11 bits per heavy atom. The third-order valence-corrected chi connectivity index (χ3v) is 3.06. The molecule has 1 aliphatic rings. The summed E-state index contributed by atoms with van der Waals surface area (Å²) in [6.45, 7) is 4.82. The van der Waals surface area contributed by atoms with Gasteiger partial charge in [-0.1, -0.05) is 30.9 Å². The fraction of sp³-hybridized carbons (Fsp3) is 0.357. The predicted molar refractivity (Wildman–Crippen MR) is 69.2 cm³/mol. The zero-order valence-electron chi connectivity index (χ0n) is 10.1. The van der Waals surface area contributed by atoms with Crippen LogP contribution in [0.5, 0.6) is 0 Å². The average molecular weight is 247 g/mol. The van der Waals surface area contributed by atoms with Crippen molar-refractivity contribution in [2.45, 2.75) is 25.2 Å². The summed E-state index contributed by atoms with van der Waals surface area (Å²) < 4.78 is 5.71. The van der Waals surface area contributed by atoms with Crippen LogP contribution >= 0.6 is 0 Å². The first-order chi connectivity index (χ1) is 8.69. The molecule has 0 bridgehead atoms. The SMILES string of the molecule is C=Cc1cccc(CO[C@H]2CN[C@H](C(=O)O)C2)c1. The fourth-order valence-corrected chi connectivity index (χ4v) is 2.04. The Balaban J connectivity index is 1.85. The molecule has 0 aromatic heterocycles. The van der Waals surface area contributed by atoms with E-state index in [0.29, 0.717) is 19.6 Å². The third-order valence-electron chi connectivity index (χ3n) is 3.06. The highest BCUT2D eigenvalue weighted by molar-refractivity contribution is 5.73. The highest BCUT2D eigenvalue weighted by Gasteiger charge is 2.29. The molecule has 4 heteroatoms. The monoisotopic (exact) mass is 247 g/mol. The lowest BCUT2D eigenvalue weighted by Crippen LogP contribution is -2.29. The largest absolute Gasteiger partial charge is 0.480 e. The van der Waals surface area contributed by atoms with Gasteiger partial charge in [0, 0.05) is 13.0 Å². The highest BCUT2D eigenvalue weighted by atomic mass is 16.5. The summed E-state index contributed by atoms with van der Waals surface area (Å²) in [4.78, 5) is 10.8. The van der Waals surface area contributed by atoms with E-state index in [9.17, 15) is 4.79 Å². The van der Waals surface area contributed by atoms with Crippen LogP contribution < -0.4 is 5.32 Å². The molecular weight excluding hydrogens is 230 g/mol. The standard InChI is InChI=1S/C14H17NO3/c1-2-10-4-3-5-11(6-10)9-18-12-7-13(14(16)17)15-8-12/h2-6,12-13,15H,1,7-9H2,(H,16,17)/t12-,13+/m1/s1. The zero-order chi connectivity index (χ0) is 13.0. The smallest absolute Gasteiger partial charge is 0.320 e.